The molecule has 3 N–H and O–H groups in total. The molecule has 2 aromatic heterocycles. The Hall–Kier alpha value is -4.09. The lowest BCUT2D eigenvalue weighted by Crippen LogP contribution is -2.13. The Bertz CT molecular complexity index is 1600. The second kappa shape index (κ2) is 9.28. The molecule has 35 heavy (non-hydrogen) atoms. The molecule has 0 aliphatic rings. The van der Waals surface area contributed by atoms with Gasteiger partial charge in [0.1, 0.15) is 21.7 Å². The quantitative estimate of drug-likeness (QED) is 0.270. The van der Waals surface area contributed by atoms with Gasteiger partial charge in [-0.3, -0.25) is 4.72 Å². The summed E-state index contributed by atoms with van der Waals surface area (Å²) in [4.78, 5) is 9.07. The Balaban J connectivity index is 1.31. The van der Waals surface area contributed by atoms with Gasteiger partial charge in [0.05, 0.1) is 11.7 Å². The third kappa shape index (κ3) is 5.20. The zero-order valence-electron chi connectivity index (χ0n) is 18.9. The molecule has 0 saturated carbocycles. The maximum atomic E-state index is 12.9. The first-order valence-corrected chi connectivity index (χ1v) is 12.9. The largest absolute Gasteiger partial charge is 0.340 e. The van der Waals surface area contributed by atoms with Crippen LogP contribution in [0.2, 0.25) is 0 Å². The van der Waals surface area contributed by atoms with E-state index in [-0.39, 0.29) is 4.90 Å². The molecule has 5 aromatic rings. The predicted octanol–water partition coefficient (Wildman–Crippen LogP) is 5.39. The zero-order chi connectivity index (χ0) is 24.4. The highest BCUT2D eigenvalue weighted by Crippen LogP contribution is 2.25. The third-order valence-electron chi connectivity index (χ3n) is 5.11. The van der Waals surface area contributed by atoms with E-state index >= 15 is 0 Å². The lowest BCUT2D eigenvalue weighted by atomic mass is 10.2. The standard InChI is InChI=1S/C24H21N7O2S2/c1-15-6-8-17(9-7-15)26-22-14-16(2)25-24(28-22)27-18-10-12-19(13-11-18)31-35(32,33)21-5-3-4-20-23(21)30-34-29-20/h3-14,31H,1-2H3,(H2,25,26,27,28). The topological polar surface area (TPSA) is 122 Å². The van der Waals surface area contributed by atoms with Gasteiger partial charge in [0.15, 0.2) is 0 Å². The summed E-state index contributed by atoms with van der Waals surface area (Å²) in [7, 11) is -3.82. The Morgan fingerprint density at radius 1 is 0.771 bits per heavy atom. The molecule has 0 aliphatic heterocycles. The maximum Gasteiger partial charge on any atom is 0.264 e. The number of hydrogen-bond donors (Lipinski definition) is 3. The molecule has 0 atom stereocenters. The first-order valence-electron chi connectivity index (χ1n) is 10.7. The van der Waals surface area contributed by atoms with Gasteiger partial charge in [-0.2, -0.15) is 13.7 Å². The number of nitrogens with one attached hydrogen (secondary N) is 3. The van der Waals surface area contributed by atoms with Crippen molar-refractivity contribution in [3.63, 3.8) is 0 Å². The van der Waals surface area contributed by atoms with E-state index < -0.39 is 10.0 Å². The van der Waals surface area contributed by atoms with Crippen LogP contribution in [0.5, 0.6) is 0 Å². The summed E-state index contributed by atoms with van der Waals surface area (Å²) in [5.74, 6) is 1.09. The van der Waals surface area contributed by atoms with E-state index in [1.54, 1.807) is 36.4 Å². The van der Waals surface area contributed by atoms with Gasteiger partial charge in [-0.15, -0.1) is 0 Å². The smallest absolute Gasteiger partial charge is 0.264 e. The van der Waals surface area contributed by atoms with Crippen molar-refractivity contribution in [1.82, 2.24) is 18.7 Å². The fourth-order valence-corrected chi connectivity index (χ4v) is 5.26. The summed E-state index contributed by atoms with van der Waals surface area (Å²) < 4.78 is 36.6. The molecule has 9 nitrogen and oxygen atoms in total. The second-order valence-corrected chi connectivity index (χ2v) is 10.1. The highest BCUT2D eigenvalue weighted by molar-refractivity contribution is 7.93. The molecule has 0 radical (unpaired) electrons. The van der Waals surface area contributed by atoms with Gasteiger partial charge in [0.2, 0.25) is 5.95 Å². The molecule has 0 unspecified atom stereocenters. The Morgan fingerprint density at radius 2 is 1.46 bits per heavy atom. The molecule has 11 heteroatoms. The van der Waals surface area contributed by atoms with Crippen LogP contribution in [-0.2, 0) is 10.0 Å². The first kappa shape index (κ1) is 22.7. The number of rotatable bonds is 7. The van der Waals surface area contributed by atoms with E-state index in [9.17, 15) is 8.42 Å². The summed E-state index contributed by atoms with van der Waals surface area (Å²) in [5.41, 5.74) is 4.95. The molecule has 0 bridgehead atoms. The van der Waals surface area contributed by atoms with Crippen molar-refractivity contribution in [2.45, 2.75) is 18.7 Å². The van der Waals surface area contributed by atoms with Gasteiger partial charge in [0.25, 0.3) is 10.0 Å². The van der Waals surface area contributed by atoms with Crippen molar-refractivity contribution in [3.05, 3.63) is 84.1 Å². The molecule has 5 rings (SSSR count). The Labute approximate surface area is 206 Å². The molecule has 0 amide bonds. The summed E-state index contributed by atoms with van der Waals surface area (Å²) in [6.45, 7) is 3.93. The summed E-state index contributed by atoms with van der Waals surface area (Å²) >= 11 is 0.978. The molecule has 0 aliphatic carbocycles. The van der Waals surface area contributed by atoms with Crippen molar-refractivity contribution in [2.75, 3.05) is 15.4 Å². The highest BCUT2D eigenvalue weighted by atomic mass is 32.2. The second-order valence-electron chi connectivity index (χ2n) is 7.91. The van der Waals surface area contributed by atoms with Gasteiger partial charge in [-0.05, 0) is 62.4 Å². The molecular weight excluding hydrogens is 482 g/mol. The van der Waals surface area contributed by atoms with Gasteiger partial charge >= 0.3 is 0 Å². The van der Waals surface area contributed by atoms with Crippen LogP contribution in [0.15, 0.2) is 77.7 Å². The molecule has 0 spiro atoms. The van der Waals surface area contributed by atoms with Crippen LogP contribution >= 0.6 is 11.7 Å². The van der Waals surface area contributed by atoms with Gasteiger partial charge in [-0.25, -0.2) is 13.4 Å². The minimum Gasteiger partial charge on any atom is -0.340 e. The van der Waals surface area contributed by atoms with Crippen LogP contribution in [0, 0.1) is 13.8 Å². The summed E-state index contributed by atoms with van der Waals surface area (Å²) in [5, 5.41) is 6.45. The van der Waals surface area contributed by atoms with Gasteiger partial charge in [-0.1, -0.05) is 23.8 Å². The van der Waals surface area contributed by atoms with E-state index in [2.05, 4.69) is 34.1 Å². The van der Waals surface area contributed by atoms with Crippen molar-refractivity contribution in [3.8, 4) is 0 Å². The normalized spacial score (nSPS) is 11.4. The Morgan fingerprint density at radius 3 is 2.23 bits per heavy atom. The summed E-state index contributed by atoms with van der Waals surface area (Å²) in [6.07, 6.45) is 0. The number of fused-ring (bicyclic) bond motifs is 1. The molecule has 0 saturated heterocycles. The number of nitrogens with zero attached hydrogens (tertiary/aromatic N) is 4. The van der Waals surface area contributed by atoms with Gasteiger partial charge in [0, 0.05) is 28.8 Å². The SMILES string of the molecule is Cc1ccc(Nc2cc(C)nc(Nc3ccc(NS(=O)(=O)c4cccc5nsnc45)cc3)n2)cc1. The number of anilines is 5. The highest BCUT2D eigenvalue weighted by Gasteiger charge is 2.19. The van der Waals surface area contributed by atoms with Crippen LogP contribution in [0.4, 0.5) is 28.8 Å². The fraction of sp³-hybridized carbons (Fsp3) is 0.0833. The van der Waals surface area contributed by atoms with E-state index in [1.807, 2.05) is 44.2 Å². The molecular formula is C24H21N7O2S2. The number of benzene rings is 3. The summed E-state index contributed by atoms with van der Waals surface area (Å²) in [6, 6.07) is 21.6. The molecule has 0 fully saturated rings. The van der Waals surface area contributed by atoms with E-state index in [0.717, 1.165) is 23.1 Å². The monoisotopic (exact) mass is 503 g/mol. The van der Waals surface area contributed by atoms with Crippen molar-refractivity contribution < 1.29 is 8.42 Å². The van der Waals surface area contributed by atoms with Crippen LogP contribution < -0.4 is 15.4 Å². The average Bonchev–Trinajstić information content (AvgIpc) is 3.30. The third-order valence-corrected chi connectivity index (χ3v) is 7.07. The van der Waals surface area contributed by atoms with Crippen molar-refractivity contribution in [2.24, 2.45) is 0 Å². The van der Waals surface area contributed by atoms with Crippen LogP contribution in [0.25, 0.3) is 11.0 Å². The van der Waals surface area contributed by atoms with Crippen molar-refractivity contribution >= 4 is 61.6 Å². The number of sulfonamides is 1. The van der Waals surface area contributed by atoms with Crippen LogP contribution in [-0.4, -0.2) is 27.1 Å². The molecule has 176 valence electrons. The first-order chi connectivity index (χ1) is 16.9. The van der Waals surface area contributed by atoms with Gasteiger partial charge < -0.3 is 10.6 Å². The van der Waals surface area contributed by atoms with Crippen molar-refractivity contribution in [1.29, 1.82) is 0 Å². The number of aryl methyl sites for hydroxylation is 2. The van der Waals surface area contributed by atoms with E-state index in [1.165, 1.54) is 11.6 Å². The van der Waals surface area contributed by atoms with E-state index in [4.69, 9.17) is 0 Å². The van der Waals surface area contributed by atoms with Crippen LogP contribution in [0.3, 0.4) is 0 Å². The number of aromatic nitrogens is 4. The van der Waals surface area contributed by atoms with E-state index in [0.29, 0.717) is 34.2 Å². The van der Waals surface area contributed by atoms with Crippen LogP contribution in [0.1, 0.15) is 11.3 Å². The minimum absolute atomic E-state index is 0.0905. The fourth-order valence-electron chi connectivity index (χ4n) is 3.43. The number of hydrogen-bond acceptors (Lipinski definition) is 9. The predicted molar refractivity (Wildman–Crippen MR) is 139 cm³/mol. The Kier molecular flexibility index (Phi) is 6.01. The molecule has 3 aromatic carbocycles. The minimum atomic E-state index is -3.82. The lowest BCUT2D eigenvalue weighted by Gasteiger charge is -2.11. The maximum absolute atomic E-state index is 12.9. The molecule has 2 heterocycles. The average molecular weight is 504 g/mol. The lowest BCUT2D eigenvalue weighted by molar-refractivity contribution is 0.602. The zero-order valence-corrected chi connectivity index (χ0v) is 20.5.